The van der Waals surface area contributed by atoms with E-state index in [1.54, 1.807) is 24.3 Å². The Balaban J connectivity index is 1.67. The lowest BCUT2D eigenvalue weighted by Crippen LogP contribution is -2.48. The molecule has 1 aliphatic rings. The topological polar surface area (TPSA) is 84.9 Å². The van der Waals surface area contributed by atoms with Gasteiger partial charge < -0.3 is 19.7 Å². The molecule has 2 aromatic carbocycles. The van der Waals surface area contributed by atoms with Gasteiger partial charge in [0.25, 0.3) is 5.91 Å². The van der Waals surface area contributed by atoms with Gasteiger partial charge in [-0.15, -0.1) is 0 Å². The highest BCUT2D eigenvalue weighted by atomic mass is 16.6. The van der Waals surface area contributed by atoms with Crippen molar-refractivity contribution in [1.29, 1.82) is 0 Å². The molecule has 29 heavy (non-hydrogen) atoms. The molecule has 0 unspecified atom stereocenters. The van der Waals surface area contributed by atoms with Crippen LogP contribution in [-0.2, 0) is 19.1 Å². The molecule has 1 N–H and O–H groups in total. The zero-order valence-corrected chi connectivity index (χ0v) is 16.9. The maximum Gasteiger partial charge on any atom is 0.350 e. The van der Waals surface area contributed by atoms with Crippen LogP contribution in [0.25, 0.3) is 0 Å². The Morgan fingerprint density at radius 3 is 2.62 bits per heavy atom. The van der Waals surface area contributed by atoms with Crippen molar-refractivity contribution >= 4 is 29.2 Å². The van der Waals surface area contributed by atoms with Crippen molar-refractivity contribution in [2.24, 2.45) is 0 Å². The minimum absolute atomic E-state index is 0.0243. The van der Waals surface area contributed by atoms with Gasteiger partial charge in [-0.2, -0.15) is 0 Å². The number of nitrogens with zero attached hydrogens (tertiary/aromatic N) is 1. The van der Waals surface area contributed by atoms with Crippen LogP contribution in [-0.4, -0.2) is 36.5 Å². The highest BCUT2D eigenvalue weighted by Gasteiger charge is 2.35. The van der Waals surface area contributed by atoms with Crippen molar-refractivity contribution in [3.63, 3.8) is 0 Å². The molecule has 0 aromatic heterocycles. The van der Waals surface area contributed by atoms with Gasteiger partial charge in [0.05, 0.1) is 12.2 Å². The van der Waals surface area contributed by atoms with Crippen LogP contribution in [0.5, 0.6) is 5.75 Å². The highest BCUT2D eigenvalue weighted by Crippen LogP contribution is 2.33. The maximum atomic E-state index is 12.6. The molecule has 2 amide bonds. The SMILES string of the molecule is CC(=O)N1C[C@H](C(=O)O[C@H](C)C(=O)Nc2cc(C)ccc2C)Oc2ccccc21. The van der Waals surface area contributed by atoms with E-state index in [4.69, 9.17) is 9.47 Å². The molecule has 152 valence electrons. The number of fused-ring (bicyclic) bond motifs is 1. The van der Waals surface area contributed by atoms with E-state index in [-0.39, 0.29) is 12.5 Å². The number of carbonyl (C=O) groups is 3. The van der Waals surface area contributed by atoms with E-state index < -0.39 is 24.1 Å². The molecule has 1 heterocycles. The number of carbonyl (C=O) groups excluding carboxylic acids is 3. The maximum absolute atomic E-state index is 12.6. The number of nitrogens with one attached hydrogen (secondary N) is 1. The first kappa shape index (κ1) is 20.4. The van der Waals surface area contributed by atoms with E-state index in [1.807, 2.05) is 32.0 Å². The van der Waals surface area contributed by atoms with E-state index >= 15 is 0 Å². The Labute approximate surface area is 169 Å². The van der Waals surface area contributed by atoms with Crippen LogP contribution in [0.2, 0.25) is 0 Å². The number of hydrogen-bond donors (Lipinski definition) is 1. The summed E-state index contributed by atoms with van der Waals surface area (Å²) in [6.45, 7) is 6.76. The zero-order chi connectivity index (χ0) is 21.1. The van der Waals surface area contributed by atoms with Crippen molar-refractivity contribution in [3.05, 3.63) is 53.6 Å². The molecule has 0 fully saturated rings. The lowest BCUT2D eigenvalue weighted by molar-refractivity contribution is -0.160. The van der Waals surface area contributed by atoms with Crippen LogP contribution < -0.4 is 15.0 Å². The van der Waals surface area contributed by atoms with Crippen LogP contribution in [0.3, 0.4) is 0 Å². The zero-order valence-electron chi connectivity index (χ0n) is 16.9. The molecule has 0 saturated carbocycles. The molecule has 3 rings (SSSR count). The van der Waals surface area contributed by atoms with Crippen LogP contribution in [0, 0.1) is 13.8 Å². The van der Waals surface area contributed by atoms with Gasteiger partial charge in [-0.3, -0.25) is 9.59 Å². The monoisotopic (exact) mass is 396 g/mol. The van der Waals surface area contributed by atoms with E-state index in [2.05, 4.69) is 5.32 Å². The number of ether oxygens (including phenoxy) is 2. The summed E-state index contributed by atoms with van der Waals surface area (Å²) in [4.78, 5) is 38.5. The Morgan fingerprint density at radius 2 is 1.90 bits per heavy atom. The predicted octanol–water partition coefficient (Wildman–Crippen LogP) is 2.99. The number of hydrogen-bond acceptors (Lipinski definition) is 5. The molecular formula is C22H24N2O5. The number of rotatable bonds is 4. The van der Waals surface area contributed by atoms with Crippen molar-refractivity contribution in [2.75, 3.05) is 16.8 Å². The molecular weight excluding hydrogens is 372 g/mol. The molecule has 0 aliphatic carbocycles. The standard InChI is InChI=1S/C22H24N2O5/c1-13-9-10-14(2)17(11-13)23-21(26)15(3)28-22(27)20-12-24(16(4)25)18-7-5-6-8-19(18)29-20/h5-11,15,20H,12H2,1-4H3,(H,23,26)/t15-,20-/m1/s1. The molecule has 2 atom stereocenters. The smallest absolute Gasteiger partial charge is 0.350 e. The van der Waals surface area contributed by atoms with Crippen LogP contribution in [0.1, 0.15) is 25.0 Å². The largest absolute Gasteiger partial charge is 0.475 e. The molecule has 7 heteroatoms. The summed E-state index contributed by atoms with van der Waals surface area (Å²) < 4.78 is 11.0. The second-order valence-electron chi connectivity index (χ2n) is 7.09. The van der Waals surface area contributed by atoms with Gasteiger partial charge in [0.2, 0.25) is 12.0 Å². The fraction of sp³-hybridized carbons (Fsp3) is 0.318. The molecule has 1 aliphatic heterocycles. The second kappa shape index (κ2) is 8.34. The van der Waals surface area contributed by atoms with Gasteiger partial charge in [-0.25, -0.2) is 4.79 Å². The summed E-state index contributed by atoms with van der Waals surface area (Å²) in [5.41, 5.74) is 3.19. The number of amides is 2. The normalized spacial score (nSPS) is 16.3. The molecule has 0 saturated heterocycles. The first-order valence-electron chi connectivity index (χ1n) is 9.38. The number of benzene rings is 2. The van der Waals surface area contributed by atoms with Crippen LogP contribution in [0.4, 0.5) is 11.4 Å². The fourth-order valence-corrected chi connectivity index (χ4v) is 3.06. The number of anilines is 2. The third-order valence-electron chi connectivity index (χ3n) is 4.73. The average molecular weight is 396 g/mol. The van der Waals surface area contributed by atoms with Crippen molar-refractivity contribution in [3.8, 4) is 5.75 Å². The third kappa shape index (κ3) is 4.56. The summed E-state index contributed by atoms with van der Waals surface area (Å²) in [6.07, 6.45) is -2.03. The van der Waals surface area contributed by atoms with Crippen LogP contribution in [0.15, 0.2) is 42.5 Å². The lowest BCUT2D eigenvalue weighted by Gasteiger charge is -2.33. The van der Waals surface area contributed by atoms with Crippen molar-refractivity contribution in [1.82, 2.24) is 0 Å². The first-order valence-corrected chi connectivity index (χ1v) is 9.38. The van der Waals surface area contributed by atoms with E-state index in [0.717, 1.165) is 11.1 Å². The molecule has 7 nitrogen and oxygen atoms in total. The molecule has 0 radical (unpaired) electrons. The summed E-state index contributed by atoms with van der Waals surface area (Å²) in [7, 11) is 0. The summed E-state index contributed by atoms with van der Waals surface area (Å²) in [5.74, 6) is -0.927. The highest BCUT2D eigenvalue weighted by molar-refractivity contribution is 5.97. The van der Waals surface area contributed by atoms with Crippen LogP contribution >= 0.6 is 0 Å². The lowest BCUT2D eigenvalue weighted by atomic mass is 10.1. The number of aryl methyl sites for hydroxylation is 2. The van der Waals surface area contributed by atoms with Crippen molar-refractivity contribution in [2.45, 2.75) is 39.9 Å². The van der Waals surface area contributed by atoms with Gasteiger partial charge in [-0.05, 0) is 50.1 Å². The Hall–Kier alpha value is -3.35. The average Bonchev–Trinajstić information content (AvgIpc) is 2.69. The van der Waals surface area contributed by atoms with Gasteiger partial charge in [-0.1, -0.05) is 24.3 Å². The minimum atomic E-state index is -1.02. The summed E-state index contributed by atoms with van der Waals surface area (Å²) >= 11 is 0. The van der Waals surface area contributed by atoms with Gasteiger partial charge >= 0.3 is 5.97 Å². The van der Waals surface area contributed by atoms with Crippen molar-refractivity contribution < 1.29 is 23.9 Å². The van der Waals surface area contributed by atoms with Gasteiger partial charge in [0.15, 0.2) is 6.10 Å². The summed E-state index contributed by atoms with van der Waals surface area (Å²) in [6, 6.07) is 12.7. The number of para-hydroxylation sites is 2. The predicted molar refractivity (Wildman–Crippen MR) is 109 cm³/mol. The summed E-state index contributed by atoms with van der Waals surface area (Å²) in [5, 5.41) is 2.78. The molecule has 2 aromatic rings. The quantitative estimate of drug-likeness (QED) is 0.803. The Morgan fingerprint density at radius 1 is 1.17 bits per heavy atom. The molecule has 0 bridgehead atoms. The van der Waals surface area contributed by atoms with E-state index in [0.29, 0.717) is 17.1 Å². The van der Waals surface area contributed by atoms with Gasteiger partial charge in [0.1, 0.15) is 5.75 Å². The first-order chi connectivity index (χ1) is 13.8. The van der Waals surface area contributed by atoms with E-state index in [1.165, 1.54) is 18.7 Å². The Kier molecular flexibility index (Phi) is 5.87. The molecule has 0 spiro atoms. The number of esters is 1. The minimum Gasteiger partial charge on any atom is -0.475 e. The second-order valence-corrected chi connectivity index (χ2v) is 7.09. The van der Waals surface area contributed by atoms with Gasteiger partial charge in [0, 0.05) is 12.6 Å². The Bertz CT molecular complexity index is 956. The van der Waals surface area contributed by atoms with E-state index in [9.17, 15) is 14.4 Å². The third-order valence-corrected chi connectivity index (χ3v) is 4.73. The fourth-order valence-electron chi connectivity index (χ4n) is 3.06.